The van der Waals surface area contributed by atoms with Crippen LogP contribution in [-0.4, -0.2) is 24.4 Å². The Morgan fingerprint density at radius 2 is 2.55 bits per heavy atom. The topological polar surface area (TPSA) is 58.6 Å². The van der Waals surface area contributed by atoms with Gasteiger partial charge in [-0.05, 0) is 12.2 Å². The maximum Gasteiger partial charge on any atom is 0.339 e. The van der Waals surface area contributed by atoms with Gasteiger partial charge in [0.1, 0.15) is 6.23 Å². The molecule has 0 aromatic rings. The number of esters is 1. The molecular weight excluding hydrogens is 146 g/mol. The van der Waals surface area contributed by atoms with Crippen molar-refractivity contribution >= 4 is 5.97 Å². The van der Waals surface area contributed by atoms with E-state index in [0.29, 0.717) is 5.57 Å². The molecule has 1 rings (SSSR count). The Bertz CT molecular complexity index is 220. The lowest BCUT2D eigenvalue weighted by Gasteiger charge is -2.11. The van der Waals surface area contributed by atoms with Crippen LogP contribution in [0, 0.1) is 0 Å². The number of dihydropyridines is 1. The zero-order chi connectivity index (χ0) is 8.27. The molecule has 0 radical (unpaired) electrons. The van der Waals surface area contributed by atoms with E-state index in [0.717, 1.165) is 0 Å². The van der Waals surface area contributed by atoms with Crippen LogP contribution in [-0.2, 0) is 9.53 Å². The molecule has 0 saturated carbocycles. The average Bonchev–Trinajstić information content (AvgIpc) is 2.05. The molecule has 4 nitrogen and oxygen atoms in total. The minimum atomic E-state index is -0.705. The molecule has 0 spiro atoms. The molecule has 0 aliphatic carbocycles. The van der Waals surface area contributed by atoms with Gasteiger partial charge in [0.15, 0.2) is 0 Å². The third-order valence-corrected chi connectivity index (χ3v) is 1.29. The van der Waals surface area contributed by atoms with Crippen LogP contribution in [0.3, 0.4) is 0 Å². The Morgan fingerprint density at radius 1 is 1.82 bits per heavy atom. The fourth-order valence-electron chi connectivity index (χ4n) is 0.718. The third kappa shape index (κ3) is 1.81. The number of nitrogens with one attached hydrogen (secondary N) is 1. The Kier molecular flexibility index (Phi) is 2.28. The van der Waals surface area contributed by atoms with Gasteiger partial charge < -0.3 is 15.2 Å². The van der Waals surface area contributed by atoms with E-state index in [1.165, 1.54) is 25.5 Å². The summed E-state index contributed by atoms with van der Waals surface area (Å²) in [5.41, 5.74) is 0.401. The Labute approximate surface area is 64.2 Å². The first-order valence-corrected chi connectivity index (χ1v) is 3.15. The van der Waals surface area contributed by atoms with Gasteiger partial charge in [-0.3, -0.25) is 0 Å². The van der Waals surface area contributed by atoms with E-state index in [-0.39, 0.29) is 0 Å². The van der Waals surface area contributed by atoms with E-state index in [2.05, 4.69) is 10.1 Å². The molecule has 1 aliphatic rings. The highest BCUT2D eigenvalue weighted by Crippen LogP contribution is 2.03. The summed E-state index contributed by atoms with van der Waals surface area (Å²) in [6.45, 7) is 0. The van der Waals surface area contributed by atoms with E-state index in [1.807, 2.05) is 0 Å². The lowest BCUT2D eigenvalue weighted by molar-refractivity contribution is -0.135. The number of carbonyl (C=O) groups excluding carboxylic acids is 1. The number of methoxy groups -OCH3 is 1. The van der Waals surface area contributed by atoms with Crippen molar-refractivity contribution < 1.29 is 14.6 Å². The molecule has 0 fully saturated rings. The zero-order valence-electron chi connectivity index (χ0n) is 6.07. The number of rotatable bonds is 1. The minimum Gasteiger partial charge on any atom is -0.465 e. The van der Waals surface area contributed by atoms with Gasteiger partial charge >= 0.3 is 5.97 Å². The quantitative estimate of drug-likeness (QED) is 0.502. The number of aliphatic hydroxyl groups excluding tert-OH is 1. The summed E-state index contributed by atoms with van der Waals surface area (Å²) in [4.78, 5) is 10.8. The number of hydrogen-bond acceptors (Lipinski definition) is 4. The molecular formula is C7H9NO3. The molecule has 1 unspecified atom stereocenters. The number of aliphatic hydroxyl groups is 1. The van der Waals surface area contributed by atoms with Crippen LogP contribution < -0.4 is 5.32 Å². The molecule has 0 aromatic carbocycles. The summed E-state index contributed by atoms with van der Waals surface area (Å²) < 4.78 is 4.44. The highest BCUT2D eigenvalue weighted by Gasteiger charge is 2.10. The van der Waals surface area contributed by atoms with E-state index >= 15 is 0 Å². The van der Waals surface area contributed by atoms with Crippen LogP contribution in [0.25, 0.3) is 0 Å². The monoisotopic (exact) mass is 155 g/mol. The van der Waals surface area contributed by atoms with Gasteiger partial charge in [-0.15, -0.1) is 0 Å². The second-order valence-corrected chi connectivity index (χ2v) is 2.06. The zero-order valence-corrected chi connectivity index (χ0v) is 6.07. The van der Waals surface area contributed by atoms with Gasteiger partial charge in [0.25, 0.3) is 0 Å². The molecule has 1 atom stereocenters. The summed E-state index contributed by atoms with van der Waals surface area (Å²) in [5.74, 6) is -0.416. The molecule has 11 heavy (non-hydrogen) atoms. The Balaban J connectivity index is 2.63. The van der Waals surface area contributed by atoms with Crippen LogP contribution in [0.1, 0.15) is 0 Å². The number of hydrogen-bond donors (Lipinski definition) is 2. The fourth-order valence-corrected chi connectivity index (χ4v) is 0.718. The third-order valence-electron chi connectivity index (χ3n) is 1.29. The van der Waals surface area contributed by atoms with Gasteiger partial charge in [0.05, 0.1) is 12.7 Å². The number of carbonyl (C=O) groups is 1. The SMILES string of the molecule is COC(=O)C1=CNC(O)C=C1. The molecule has 60 valence electrons. The lowest BCUT2D eigenvalue weighted by atomic mass is 10.2. The second kappa shape index (κ2) is 3.21. The predicted molar refractivity (Wildman–Crippen MR) is 38.4 cm³/mol. The molecule has 1 heterocycles. The van der Waals surface area contributed by atoms with Crippen molar-refractivity contribution in [1.29, 1.82) is 0 Å². The molecule has 0 amide bonds. The Hall–Kier alpha value is -1.29. The fraction of sp³-hybridized carbons (Fsp3) is 0.286. The lowest BCUT2D eigenvalue weighted by Crippen LogP contribution is -2.25. The maximum absolute atomic E-state index is 10.8. The molecule has 0 bridgehead atoms. The van der Waals surface area contributed by atoms with Gasteiger partial charge in [-0.2, -0.15) is 0 Å². The normalized spacial score (nSPS) is 22.0. The highest BCUT2D eigenvalue weighted by atomic mass is 16.5. The summed E-state index contributed by atoms with van der Waals surface area (Å²) in [7, 11) is 1.31. The van der Waals surface area contributed by atoms with Crippen molar-refractivity contribution in [2.75, 3.05) is 7.11 Å². The van der Waals surface area contributed by atoms with Crippen molar-refractivity contribution in [2.45, 2.75) is 6.23 Å². The van der Waals surface area contributed by atoms with Gasteiger partial charge in [-0.1, -0.05) is 0 Å². The largest absolute Gasteiger partial charge is 0.465 e. The maximum atomic E-state index is 10.8. The first-order chi connectivity index (χ1) is 5.24. The van der Waals surface area contributed by atoms with Crippen LogP contribution in [0.15, 0.2) is 23.9 Å². The Morgan fingerprint density at radius 3 is 3.00 bits per heavy atom. The smallest absolute Gasteiger partial charge is 0.339 e. The second-order valence-electron chi connectivity index (χ2n) is 2.06. The number of ether oxygens (including phenoxy) is 1. The van der Waals surface area contributed by atoms with Crippen molar-refractivity contribution in [3.8, 4) is 0 Å². The van der Waals surface area contributed by atoms with Crippen molar-refractivity contribution in [3.05, 3.63) is 23.9 Å². The van der Waals surface area contributed by atoms with Gasteiger partial charge in [-0.25, -0.2) is 4.79 Å². The molecule has 4 heteroatoms. The van der Waals surface area contributed by atoms with Crippen molar-refractivity contribution in [3.63, 3.8) is 0 Å². The van der Waals surface area contributed by atoms with Crippen molar-refractivity contribution in [1.82, 2.24) is 5.32 Å². The summed E-state index contributed by atoms with van der Waals surface area (Å²) in [5, 5.41) is 11.4. The standard InChI is InChI=1S/C7H9NO3/c1-11-7(10)5-2-3-6(9)8-4-5/h2-4,6,8-9H,1H3. The predicted octanol–water partition coefficient (Wildman–Crippen LogP) is -0.479. The van der Waals surface area contributed by atoms with Gasteiger partial charge in [0.2, 0.25) is 0 Å². The first kappa shape index (κ1) is 7.81. The molecule has 0 aromatic heterocycles. The average molecular weight is 155 g/mol. The van der Waals surface area contributed by atoms with Crippen LogP contribution in [0.5, 0.6) is 0 Å². The minimum absolute atomic E-state index is 0.401. The first-order valence-electron chi connectivity index (χ1n) is 3.15. The molecule has 1 aliphatic heterocycles. The highest BCUT2D eigenvalue weighted by molar-refractivity contribution is 5.91. The van der Waals surface area contributed by atoms with E-state index in [4.69, 9.17) is 5.11 Å². The summed E-state index contributed by atoms with van der Waals surface area (Å²) in [6, 6.07) is 0. The van der Waals surface area contributed by atoms with Crippen LogP contribution in [0.2, 0.25) is 0 Å². The van der Waals surface area contributed by atoms with E-state index in [1.54, 1.807) is 0 Å². The summed E-state index contributed by atoms with van der Waals surface area (Å²) >= 11 is 0. The summed E-state index contributed by atoms with van der Waals surface area (Å²) in [6.07, 6.45) is 3.68. The van der Waals surface area contributed by atoms with Crippen molar-refractivity contribution in [2.24, 2.45) is 0 Å². The van der Waals surface area contributed by atoms with E-state index < -0.39 is 12.2 Å². The van der Waals surface area contributed by atoms with E-state index in [9.17, 15) is 4.79 Å². The molecule has 0 saturated heterocycles. The van der Waals surface area contributed by atoms with Gasteiger partial charge in [0, 0.05) is 6.20 Å². The van der Waals surface area contributed by atoms with Crippen LogP contribution >= 0.6 is 0 Å². The molecule has 2 N–H and O–H groups in total. The van der Waals surface area contributed by atoms with Crippen LogP contribution in [0.4, 0.5) is 0 Å².